The fraction of sp³-hybridized carbons (Fsp3) is 0.909. The van der Waals surface area contributed by atoms with Gasteiger partial charge in [-0.25, -0.2) is 0 Å². The van der Waals surface area contributed by atoms with Gasteiger partial charge in [0.2, 0.25) is 0 Å². The zero-order chi connectivity index (χ0) is 19.5. The lowest BCUT2D eigenvalue weighted by Crippen LogP contribution is -2.15. The van der Waals surface area contributed by atoms with Gasteiger partial charge in [0.1, 0.15) is 0 Å². The Balaban J connectivity index is 3.33. The van der Waals surface area contributed by atoms with Crippen molar-refractivity contribution in [3.8, 4) is 0 Å². The highest BCUT2D eigenvalue weighted by molar-refractivity contribution is 5.71. The number of hydrogen-bond donors (Lipinski definition) is 0. The van der Waals surface area contributed by atoms with E-state index in [2.05, 4.69) is 13.8 Å². The molecule has 1 unspecified atom stereocenters. The van der Waals surface area contributed by atoms with Crippen LogP contribution in [0.2, 0.25) is 0 Å². The summed E-state index contributed by atoms with van der Waals surface area (Å²) in [6.07, 6.45) is 14.8. The van der Waals surface area contributed by atoms with E-state index in [4.69, 9.17) is 9.47 Å². The second kappa shape index (κ2) is 18.7. The van der Waals surface area contributed by atoms with Gasteiger partial charge in [0, 0.05) is 6.42 Å². The normalized spacial score (nSPS) is 12.0. The Morgan fingerprint density at radius 2 is 1.19 bits per heavy atom. The molecule has 0 aromatic rings. The fourth-order valence-electron chi connectivity index (χ4n) is 2.76. The minimum Gasteiger partial charge on any atom is -0.466 e. The van der Waals surface area contributed by atoms with Crippen LogP contribution in [0, 0.1) is 5.92 Å². The van der Waals surface area contributed by atoms with Gasteiger partial charge in [-0.1, -0.05) is 78.6 Å². The maximum Gasteiger partial charge on any atom is 0.308 e. The lowest BCUT2D eigenvalue weighted by atomic mass is 10.0. The molecule has 0 aromatic carbocycles. The van der Waals surface area contributed by atoms with Crippen molar-refractivity contribution in [3.05, 3.63) is 0 Å². The first-order chi connectivity index (χ1) is 12.6. The lowest BCUT2D eigenvalue weighted by Gasteiger charge is -2.11. The average molecular weight is 371 g/mol. The Morgan fingerprint density at radius 3 is 1.77 bits per heavy atom. The van der Waals surface area contributed by atoms with E-state index in [-0.39, 0.29) is 17.9 Å². The van der Waals surface area contributed by atoms with Crippen molar-refractivity contribution in [2.45, 2.75) is 111 Å². The summed E-state index contributed by atoms with van der Waals surface area (Å²) in [4.78, 5) is 23.2. The van der Waals surface area contributed by atoms with E-state index >= 15 is 0 Å². The van der Waals surface area contributed by atoms with E-state index in [1.807, 2.05) is 6.92 Å². The molecule has 0 heterocycles. The van der Waals surface area contributed by atoms with E-state index in [1.165, 1.54) is 32.1 Å². The Hall–Kier alpha value is -1.06. The Bertz CT molecular complexity index is 341. The van der Waals surface area contributed by atoms with Gasteiger partial charge in [-0.15, -0.1) is 0 Å². The van der Waals surface area contributed by atoms with Crippen LogP contribution in [-0.4, -0.2) is 25.2 Å². The smallest absolute Gasteiger partial charge is 0.308 e. The molecule has 0 aliphatic heterocycles. The van der Waals surface area contributed by atoms with Crippen LogP contribution in [0.25, 0.3) is 0 Å². The SMILES string of the molecule is CCCCOC(=O)CCCCCCCCCCC(C)C(=O)OCCCC. The minimum absolute atomic E-state index is 0.0314. The van der Waals surface area contributed by atoms with Crippen molar-refractivity contribution in [2.24, 2.45) is 5.92 Å². The van der Waals surface area contributed by atoms with Crippen LogP contribution < -0.4 is 0 Å². The van der Waals surface area contributed by atoms with Crippen molar-refractivity contribution in [3.63, 3.8) is 0 Å². The number of ether oxygens (including phenoxy) is 2. The Labute approximate surface area is 161 Å². The summed E-state index contributed by atoms with van der Waals surface area (Å²) in [5, 5.41) is 0. The number of esters is 2. The molecule has 0 aromatic heterocycles. The molecule has 0 bridgehead atoms. The summed E-state index contributed by atoms with van der Waals surface area (Å²) < 4.78 is 10.4. The maximum atomic E-state index is 11.8. The Kier molecular flexibility index (Phi) is 18.0. The summed E-state index contributed by atoms with van der Waals surface area (Å²) in [5.41, 5.74) is 0. The molecular weight excluding hydrogens is 328 g/mol. The highest BCUT2D eigenvalue weighted by Gasteiger charge is 2.13. The van der Waals surface area contributed by atoms with Crippen LogP contribution in [0.5, 0.6) is 0 Å². The van der Waals surface area contributed by atoms with Gasteiger partial charge in [0.25, 0.3) is 0 Å². The predicted molar refractivity (Wildman–Crippen MR) is 107 cm³/mol. The fourth-order valence-corrected chi connectivity index (χ4v) is 2.76. The highest BCUT2D eigenvalue weighted by Crippen LogP contribution is 2.14. The molecule has 0 fully saturated rings. The van der Waals surface area contributed by atoms with E-state index in [0.717, 1.165) is 51.4 Å². The van der Waals surface area contributed by atoms with Gasteiger partial charge in [-0.05, 0) is 25.7 Å². The molecule has 0 N–H and O–H groups in total. The first-order valence-electron chi connectivity index (χ1n) is 10.9. The van der Waals surface area contributed by atoms with E-state index in [1.54, 1.807) is 0 Å². The van der Waals surface area contributed by atoms with Crippen molar-refractivity contribution in [2.75, 3.05) is 13.2 Å². The third-order valence-corrected chi connectivity index (χ3v) is 4.67. The van der Waals surface area contributed by atoms with Gasteiger partial charge in [0.05, 0.1) is 19.1 Å². The number of carbonyl (C=O) groups is 2. The molecular formula is C22H42O4. The first-order valence-corrected chi connectivity index (χ1v) is 10.9. The summed E-state index contributed by atoms with van der Waals surface area (Å²) in [7, 11) is 0. The first kappa shape index (κ1) is 24.9. The number of hydrogen-bond acceptors (Lipinski definition) is 4. The van der Waals surface area contributed by atoms with Crippen LogP contribution >= 0.6 is 0 Å². The van der Waals surface area contributed by atoms with E-state index in [0.29, 0.717) is 19.6 Å². The van der Waals surface area contributed by atoms with Crippen LogP contribution in [-0.2, 0) is 19.1 Å². The molecule has 26 heavy (non-hydrogen) atoms. The van der Waals surface area contributed by atoms with Gasteiger partial charge in [-0.2, -0.15) is 0 Å². The summed E-state index contributed by atoms with van der Waals surface area (Å²) in [5.74, 6) is -0.0450. The monoisotopic (exact) mass is 370 g/mol. The van der Waals surface area contributed by atoms with Crippen molar-refractivity contribution in [1.82, 2.24) is 0 Å². The summed E-state index contributed by atoms with van der Waals surface area (Å²) in [6.45, 7) is 7.30. The molecule has 1 atom stereocenters. The van der Waals surface area contributed by atoms with Crippen LogP contribution in [0.1, 0.15) is 111 Å². The average Bonchev–Trinajstić information content (AvgIpc) is 2.63. The van der Waals surface area contributed by atoms with Gasteiger partial charge in [0.15, 0.2) is 0 Å². The number of rotatable bonds is 18. The van der Waals surface area contributed by atoms with Crippen LogP contribution in [0.3, 0.4) is 0 Å². The van der Waals surface area contributed by atoms with E-state index in [9.17, 15) is 9.59 Å². The van der Waals surface area contributed by atoms with Crippen molar-refractivity contribution >= 4 is 11.9 Å². The second-order valence-corrected chi connectivity index (χ2v) is 7.36. The molecule has 0 aliphatic carbocycles. The summed E-state index contributed by atoms with van der Waals surface area (Å²) >= 11 is 0. The molecule has 4 nitrogen and oxygen atoms in total. The van der Waals surface area contributed by atoms with Crippen molar-refractivity contribution in [1.29, 1.82) is 0 Å². The molecule has 0 rings (SSSR count). The topological polar surface area (TPSA) is 52.6 Å². The third-order valence-electron chi connectivity index (χ3n) is 4.67. The minimum atomic E-state index is -0.0409. The molecule has 0 aliphatic rings. The van der Waals surface area contributed by atoms with Gasteiger partial charge < -0.3 is 9.47 Å². The van der Waals surface area contributed by atoms with Gasteiger partial charge >= 0.3 is 11.9 Å². The second-order valence-electron chi connectivity index (χ2n) is 7.36. The number of carbonyl (C=O) groups excluding carboxylic acids is 2. The van der Waals surface area contributed by atoms with Crippen LogP contribution in [0.15, 0.2) is 0 Å². The zero-order valence-electron chi connectivity index (χ0n) is 17.5. The quantitative estimate of drug-likeness (QED) is 0.212. The van der Waals surface area contributed by atoms with Crippen LogP contribution in [0.4, 0.5) is 0 Å². The molecule has 0 spiro atoms. The Morgan fingerprint density at radius 1 is 0.692 bits per heavy atom. The largest absolute Gasteiger partial charge is 0.466 e. The zero-order valence-corrected chi connectivity index (χ0v) is 17.5. The van der Waals surface area contributed by atoms with Gasteiger partial charge in [-0.3, -0.25) is 9.59 Å². The van der Waals surface area contributed by atoms with E-state index < -0.39 is 0 Å². The van der Waals surface area contributed by atoms with Crippen molar-refractivity contribution < 1.29 is 19.1 Å². The summed E-state index contributed by atoms with van der Waals surface area (Å²) in [6, 6.07) is 0. The molecule has 4 heteroatoms. The molecule has 0 amide bonds. The molecule has 0 radical (unpaired) electrons. The molecule has 154 valence electrons. The molecule has 0 saturated carbocycles. The predicted octanol–water partition coefficient (Wildman–Crippen LogP) is 6.21. The highest BCUT2D eigenvalue weighted by atomic mass is 16.5. The third kappa shape index (κ3) is 16.4. The maximum absolute atomic E-state index is 11.8. The number of unbranched alkanes of at least 4 members (excludes halogenated alkanes) is 9. The standard InChI is InChI=1S/C22H42O4/c1-4-6-18-25-21(23)17-15-13-11-9-8-10-12-14-16-20(3)22(24)26-19-7-5-2/h20H,4-19H2,1-3H3. The lowest BCUT2D eigenvalue weighted by molar-refractivity contribution is -0.148. The molecule has 0 saturated heterocycles.